The van der Waals surface area contributed by atoms with E-state index in [1.165, 1.54) is 7.11 Å². The molecule has 1 atom stereocenters. The van der Waals surface area contributed by atoms with Gasteiger partial charge in [0.2, 0.25) is 0 Å². The van der Waals surface area contributed by atoms with E-state index in [0.29, 0.717) is 36.8 Å². The van der Waals surface area contributed by atoms with E-state index in [2.05, 4.69) is 6.58 Å². The summed E-state index contributed by atoms with van der Waals surface area (Å²) in [5, 5.41) is 9.16. The van der Waals surface area contributed by atoms with Crippen LogP contribution in [0.15, 0.2) is 30.9 Å². The summed E-state index contributed by atoms with van der Waals surface area (Å²) in [6, 6.07) is 5.13. The van der Waals surface area contributed by atoms with Gasteiger partial charge >= 0.3 is 5.97 Å². The summed E-state index contributed by atoms with van der Waals surface area (Å²) in [6.07, 6.45) is 3.90. The first-order valence-electron chi connectivity index (χ1n) is 8.44. The zero-order valence-electron chi connectivity index (χ0n) is 14.4. The highest BCUT2D eigenvalue weighted by Gasteiger charge is 2.59. The number of benzene rings is 1. The van der Waals surface area contributed by atoms with Crippen molar-refractivity contribution in [1.82, 2.24) is 4.90 Å². The fraction of sp³-hybridized carbons (Fsp3) is 0.474. The average Bonchev–Trinajstić information content (AvgIpc) is 3.33. The minimum atomic E-state index is -0.709. The molecule has 1 N–H and O–H groups in total. The molecule has 1 aromatic rings. The summed E-state index contributed by atoms with van der Waals surface area (Å²) in [5.41, 5.74) is 0.465. The molecule has 0 radical (unpaired) electrons. The SMILES string of the molecule is C=CCOc1ccc(C(=O)N2CCC3(CC2)CC3C(=O)O)cc1OC. The van der Waals surface area contributed by atoms with Crippen LogP contribution in [-0.2, 0) is 4.79 Å². The molecule has 134 valence electrons. The second-order valence-corrected chi connectivity index (χ2v) is 6.71. The molecular formula is C19H23NO5. The van der Waals surface area contributed by atoms with E-state index >= 15 is 0 Å². The molecule has 1 aromatic carbocycles. The lowest BCUT2D eigenvalue weighted by Gasteiger charge is -2.32. The Morgan fingerprint density at radius 1 is 1.36 bits per heavy atom. The van der Waals surface area contributed by atoms with Crippen LogP contribution >= 0.6 is 0 Å². The number of hydrogen-bond donors (Lipinski definition) is 1. The highest BCUT2D eigenvalue weighted by atomic mass is 16.5. The van der Waals surface area contributed by atoms with Gasteiger partial charge in [-0.15, -0.1) is 0 Å². The lowest BCUT2D eigenvalue weighted by Crippen LogP contribution is -2.40. The van der Waals surface area contributed by atoms with Crippen LogP contribution in [0.3, 0.4) is 0 Å². The number of carbonyl (C=O) groups excluding carboxylic acids is 1. The molecule has 25 heavy (non-hydrogen) atoms. The quantitative estimate of drug-likeness (QED) is 0.802. The van der Waals surface area contributed by atoms with Gasteiger partial charge in [-0.2, -0.15) is 0 Å². The van der Waals surface area contributed by atoms with E-state index in [1.807, 2.05) is 0 Å². The van der Waals surface area contributed by atoms with E-state index in [1.54, 1.807) is 29.2 Å². The summed E-state index contributed by atoms with van der Waals surface area (Å²) in [7, 11) is 1.54. The molecule has 1 spiro atoms. The van der Waals surface area contributed by atoms with Crippen molar-refractivity contribution in [3.8, 4) is 11.5 Å². The molecular weight excluding hydrogens is 322 g/mol. The highest BCUT2D eigenvalue weighted by Crippen LogP contribution is 2.59. The summed E-state index contributed by atoms with van der Waals surface area (Å²) in [4.78, 5) is 25.7. The van der Waals surface area contributed by atoms with Gasteiger partial charge < -0.3 is 19.5 Å². The van der Waals surface area contributed by atoms with Crippen LogP contribution < -0.4 is 9.47 Å². The number of rotatable bonds is 6. The third-order valence-corrected chi connectivity index (χ3v) is 5.30. The van der Waals surface area contributed by atoms with Crippen LogP contribution in [0.5, 0.6) is 11.5 Å². The van der Waals surface area contributed by atoms with Crippen LogP contribution in [0.2, 0.25) is 0 Å². The Labute approximate surface area is 147 Å². The van der Waals surface area contributed by atoms with E-state index in [4.69, 9.17) is 14.6 Å². The number of nitrogens with zero attached hydrogens (tertiary/aromatic N) is 1. The maximum atomic E-state index is 12.7. The van der Waals surface area contributed by atoms with E-state index in [9.17, 15) is 9.59 Å². The van der Waals surface area contributed by atoms with Gasteiger partial charge in [-0.1, -0.05) is 12.7 Å². The fourth-order valence-corrected chi connectivity index (χ4v) is 3.66. The van der Waals surface area contributed by atoms with Crippen LogP contribution in [0.4, 0.5) is 0 Å². The van der Waals surface area contributed by atoms with Gasteiger partial charge in [0.15, 0.2) is 11.5 Å². The summed E-state index contributed by atoms with van der Waals surface area (Å²) < 4.78 is 10.8. The second kappa shape index (κ2) is 6.78. The number of aliphatic carboxylic acids is 1. The van der Waals surface area contributed by atoms with Crippen molar-refractivity contribution in [2.75, 3.05) is 26.8 Å². The number of likely N-dealkylation sites (tertiary alicyclic amines) is 1. The third-order valence-electron chi connectivity index (χ3n) is 5.30. The zero-order valence-corrected chi connectivity index (χ0v) is 14.4. The lowest BCUT2D eigenvalue weighted by molar-refractivity contribution is -0.139. The van der Waals surface area contributed by atoms with Gasteiger partial charge in [0.1, 0.15) is 6.61 Å². The normalized spacial score (nSPS) is 20.8. The first-order chi connectivity index (χ1) is 12.0. The fourth-order valence-electron chi connectivity index (χ4n) is 3.66. The van der Waals surface area contributed by atoms with Crippen molar-refractivity contribution in [1.29, 1.82) is 0 Å². The summed E-state index contributed by atoms with van der Waals surface area (Å²) in [6.45, 7) is 5.17. The summed E-state index contributed by atoms with van der Waals surface area (Å²) in [5.74, 6) is 0.0786. The van der Waals surface area contributed by atoms with Gasteiger partial charge in [0.25, 0.3) is 5.91 Å². The predicted octanol–water partition coefficient (Wildman–Crippen LogP) is 2.59. The van der Waals surface area contributed by atoms with Gasteiger partial charge in [-0.25, -0.2) is 0 Å². The van der Waals surface area contributed by atoms with Crippen LogP contribution in [0.25, 0.3) is 0 Å². The van der Waals surface area contributed by atoms with Crippen molar-refractivity contribution in [2.45, 2.75) is 19.3 Å². The Kier molecular flexibility index (Phi) is 4.70. The molecule has 0 bridgehead atoms. The van der Waals surface area contributed by atoms with Crippen LogP contribution in [-0.4, -0.2) is 48.7 Å². The number of piperidine rings is 1. The highest BCUT2D eigenvalue weighted by molar-refractivity contribution is 5.95. The molecule has 1 saturated carbocycles. The molecule has 1 saturated heterocycles. The number of amides is 1. The summed E-state index contributed by atoms with van der Waals surface area (Å²) >= 11 is 0. The first-order valence-corrected chi connectivity index (χ1v) is 8.44. The minimum Gasteiger partial charge on any atom is -0.493 e. The number of hydrogen-bond acceptors (Lipinski definition) is 4. The number of methoxy groups -OCH3 is 1. The Balaban J connectivity index is 1.66. The standard InChI is InChI=1S/C19H23NO5/c1-3-10-25-15-5-4-13(11-16(15)24-2)17(21)20-8-6-19(7-9-20)12-14(19)18(22)23/h3-5,11,14H,1,6-10,12H2,2H3,(H,22,23). The predicted molar refractivity (Wildman–Crippen MR) is 92.0 cm³/mol. The van der Waals surface area contributed by atoms with Gasteiger partial charge in [0, 0.05) is 18.7 Å². The largest absolute Gasteiger partial charge is 0.493 e. The van der Waals surface area contributed by atoms with Crippen LogP contribution in [0.1, 0.15) is 29.6 Å². The third kappa shape index (κ3) is 3.34. The smallest absolute Gasteiger partial charge is 0.307 e. The molecule has 6 heteroatoms. The molecule has 2 fully saturated rings. The van der Waals surface area contributed by atoms with Gasteiger partial charge in [-0.3, -0.25) is 9.59 Å². The number of carboxylic acid groups (broad SMARTS) is 1. The number of carbonyl (C=O) groups is 2. The molecule has 1 amide bonds. The molecule has 1 unspecified atom stereocenters. The van der Waals surface area contributed by atoms with Crippen molar-refractivity contribution in [3.05, 3.63) is 36.4 Å². The monoisotopic (exact) mass is 345 g/mol. The number of ether oxygens (including phenoxy) is 2. The average molecular weight is 345 g/mol. The van der Waals surface area contributed by atoms with Gasteiger partial charge in [-0.05, 0) is 42.9 Å². The molecule has 1 aliphatic heterocycles. The van der Waals surface area contributed by atoms with Crippen molar-refractivity contribution >= 4 is 11.9 Å². The zero-order chi connectivity index (χ0) is 18.0. The molecule has 2 aliphatic rings. The van der Waals surface area contributed by atoms with Crippen LogP contribution in [0, 0.1) is 11.3 Å². The van der Waals surface area contributed by atoms with E-state index in [0.717, 1.165) is 19.3 Å². The topological polar surface area (TPSA) is 76.1 Å². The van der Waals surface area contributed by atoms with E-state index < -0.39 is 5.97 Å². The Hall–Kier alpha value is -2.50. The molecule has 3 rings (SSSR count). The van der Waals surface area contributed by atoms with Crippen molar-refractivity contribution < 1.29 is 24.2 Å². The lowest BCUT2D eigenvalue weighted by atomic mass is 9.90. The molecule has 0 aromatic heterocycles. The second-order valence-electron chi connectivity index (χ2n) is 6.71. The minimum absolute atomic E-state index is 0.0593. The Morgan fingerprint density at radius 2 is 2.08 bits per heavy atom. The molecule has 1 heterocycles. The maximum absolute atomic E-state index is 12.7. The first kappa shape index (κ1) is 17.3. The Bertz CT molecular complexity index is 691. The van der Waals surface area contributed by atoms with Gasteiger partial charge in [0.05, 0.1) is 13.0 Å². The van der Waals surface area contributed by atoms with E-state index in [-0.39, 0.29) is 17.2 Å². The molecule has 6 nitrogen and oxygen atoms in total. The Morgan fingerprint density at radius 3 is 2.64 bits per heavy atom. The number of carboxylic acids is 1. The van der Waals surface area contributed by atoms with Crippen molar-refractivity contribution in [3.63, 3.8) is 0 Å². The maximum Gasteiger partial charge on any atom is 0.307 e. The van der Waals surface area contributed by atoms with Crippen molar-refractivity contribution in [2.24, 2.45) is 11.3 Å². The molecule has 1 aliphatic carbocycles.